The number of hydrogen-bond acceptors (Lipinski definition) is 4. The van der Waals surface area contributed by atoms with Crippen LogP contribution in [0.25, 0.3) is 0 Å². The zero-order chi connectivity index (χ0) is 22.1. The second kappa shape index (κ2) is 10.6. The number of nitrogens with one attached hydrogen (secondary N) is 4. The van der Waals surface area contributed by atoms with Crippen LogP contribution < -0.4 is 21.3 Å². The SMILES string of the molecule is CCc1ccccc1NC(=O)Nc1ccc(C(=O)NCCNC(=O)c2ccco2)cc1. The fraction of sp³-hybridized carbons (Fsp3) is 0.174. The minimum Gasteiger partial charge on any atom is -0.459 e. The van der Waals surface area contributed by atoms with Crippen LogP contribution in [0.1, 0.15) is 33.4 Å². The molecular weight excluding hydrogens is 396 g/mol. The molecule has 0 atom stereocenters. The molecule has 3 aromatic rings. The van der Waals surface area contributed by atoms with Gasteiger partial charge < -0.3 is 25.7 Å². The van der Waals surface area contributed by atoms with E-state index in [-0.39, 0.29) is 36.7 Å². The van der Waals surface area contributed by atoms with Crippen molar-refractivity contribution in [2.75, 3.05) is 23.7 Å². The predicted octanol–water partition coefficient (Wildman–Crippen LogP) is 3.65. The second-order valence-corrected chi connectivity index (χ2v) is 6.66. The highest BCUT2D eigenvalue weighted by atomic mass is 16.3. The van der Waals surface area contributed by atoms with Crippen molar-refractivity contribution in [3.05, 3.63) is 83.8 Å². The predicted molar refractivity (Wildman–Crippen MR) is 118 cm³/mol. The number of hydrogen-bond donors (Lipinski definition) is 4. The Bertz CT molecular complexity index is 1030. The molecule has 0 saturated heterocycles. The van der Waals surface area contributed by atoms with E-state index in [1.165, 1.54) is 6.26 Å². The Morgan fingerprint density at radius 3 is 2.19 bits per heavy atom. The zero-order valence-electron chi connectivity index (χ0n) is 17.1. The lowest BCUT2D eigenvalue weighted by molar-refractivity contribution is 0.0910. The number of anilines is 2. The van der Waals surface area contributed by atoms with E-state index >= 15 is 0 Å². The summed E-state index contributed by atoms with van der Waals surface area (Å²) < 4.78 is 4.99. The quantitative estimate of drug-likeness (QED) is 0.417. The van der Waals surface area contributed by atoms with Crippen molar-refractivity contribution < 1.29 is 18.8 Å². The molecule has 8 heteroatoms. The number of aryl methyl sites for hydroxylation is 1. The summed E-state index contributed by atoms with van der Waals surface area (Å²) >= 11 is 0. The van der Waals surface area contributed by atoms with Crippen molar-refractivity contribution in [1.29, 1.82) is 0 Å². The van der Waals surface area contributed by atoms with E-state index in [2.05, 4.69) is 21.3 Å². The van der Waals surface area contributed by atoms with Gasteiger partial charge in [0.2, 0.25) is 0 Å². The summed E-state index contributed by atoms with van der Waals surface area (Å²) in [4.78, 5) is 36.2. The van der Waals surface area contributed by atoms with E-state index in [0.717, 1.165) is 17.7 Å². The fourth-order valence-electron chi connectivity index (χ4n) is 2.89. The molecule has 2 aromatic carbocycles. The molecule has 160 valence electrons. The van der Waals surface area contributed by atoms with Gasteiger partial charge in [0.05, 0.1) is 6.26 Å². The van der Waals surface area contributed by atoms with E-state index in [9.17, 15) is 14.4 Å². The van der Waals surface area contributed by atoms with Crippen molar-refractivity contribution >= 4 is 29.2 Å². The summed E-state index contributed by atoms with van der Waals surface area (Å²) in [6, 6.07) is 17.0. The highest BCUT2D eigenvalue weighted by Gasteiger charge is 2.09. The molecule has 0 saturated carbocycles. The first-order valence-electron chi connectivity index (χ1n) is 9.92. The van der Waals surface area contributed by atoms with E-state index in [1.54, 1.807) is 36.4 Å². The lowest BCUT2D eigenvalue weighted by atomic mass is 10.1. The van der Waals surface area contributed by atoms with Gasteiger partial charge in [0, 0.05) is 30.0 Å². The van der Waals surface area contributed by atoms with Crippen LogP contribution in [-0.4, -0.2) is 30.9 Å². The summed E-state index contributed by atoms with van der Waals surface area (Å²) in [6.07, 6.45) is 2.23. The van der Waals surface area contributed by atoms with Crippen molar-refractivity contribution in [2.24, 2.45) is 0 Å². The number of para-hydroxylation sites is 1. The highest BCUT2D eigenvalue weighted by Crippen LogP contribution is 2.16. The summed E-state index contributed by atoms with van der Waals surface area (Å²) in [5, 5.41) is 10.9. The van der Waals surface area contributed by atoms with Gasteiger partial charge >= 0.3 is 6.03 Å². The van der Waals surface area contributed by atoms with E-state index in [0.29, 0.717) is 11.3 Å². The third-order valence-electron chi connectivity index (χ3n) is 4.49. The van der Waals surface area contributed by atoms with Gasteiger partial charge in [0.25, 0.3) is 11.8 Å². The monoisotopic (exact) mass is 420 g/mol. The maximum atomic E-state index is 12.2. The van der Waals surface area contributed by atoms with Crippen LogP contribution in [0.2, 0.25) is 0 Å². The van der Waals surface area contributed by atoms with Crippen LogP contribution in [0.5, 0.6) is 0 Å². The molecule has 4 amide bonds. The minimum atomic E-state index is -0.356. The number of amides is 4. The smallest absolute Gasteiger partial charge is 0.323 e. The first-order valence-corrected chi connectivity index (χ1v) is 9.92. The second-order valence-electron chi connectivity index (χ2n) is 6.66. The molecule has 4 N–H and O–H groups in total. The molecule has 0 radical (unpaired) electrons. The molecule has 8 nitrogen and oxygen atoms in total. The number of carbonyl (C=O) groups excluding carboxylic acids is 3. The average molecular weight is 420 g/mol. The first kappa shape index (κ1) is 21.6. The number of benzene rings is 2. The normalized spacial score (nSPS) is 10.2. The van der Waals surface area contributed by atoms with E-state index in [4.69, 9.17) is 4.42 Å². The Hall–Kier alpha value is -4.07. The lowest BCUT2D eigenvalue weighted by Gasteiger charge is -2.11. The number of carbonyl (C=O) groups is 3. The summed E-state index contributed by atoms with van der Waals surface area (Å²) in [6.45, 7) is 2.56. The summed E-state index contributed by atoms with van der Waals surface area (Å²) in [7, 11) is 0. The van der Waals surface area contributed by atoms with Gasteiger partial charge in [-0.15, -0.1) is 0 Å². The molecule has 0 unspecified atom stereocenters. The molecule has 1 aromatic heterocycles. The molecule has 0 aliphatic carbocycles. The van der Waals surface area contributed by atoms with Gasteiger partial charge in [-0.1, -0.05) is 25.1 Å². The first-order chi connectivity index (χ1) is 15.1. The molecule has 0 fully saturated rings. The standard InChI is InChI=1S/C23H24N4O4/c1-2-16-6-3-4-7-19(16)27-23(30)26-18-11-9-17(10-12-18)21(28)24-13-14-25-22(29)20-8-5-15-31-20/h3-12,15H,2,13-14H2,1H3,(H,24,28)(H,25,29)(H2,26,27,30). The third-order valence-corrected chi connectivity index (χ3v) is 4.49. The van der Waals surface area contributed by atoms with Gasteiger partial charge in [-0.25, -0.2) is 4.79 Å². The highest BCUT2D eigenvalue weighted by molar-refractivity contribution is 6.01. The van der Waals surface area contributed by atoms with Crippen LogP contribution in [0, 0.1) is 0 Å². The Balaban J connectivity index is 1.44. The van der Waals surface area contributed by atoms with Crippen LogP contribution in [0.3, 0.4) is 0 Å². The van der Waals surface area contributed by atoms with Gasteiger partial charge in [-0.05, 0) is 54.4 Å². The maximum absolute atomic E-state index is 12.2. The largest absolute Gasteiger partial charge is 0.459 e. The van der Waals surface area contributed by atoms with Crippen molar-refractivity contribution in [3.8, 4) is 0 Å². The van der Waals surface area contributed by atoms with E-state index in [1.807, 2.05) is 31.2 Å². The number of rotatable bonds is 8. The molecule has 0 aliphatic rings. The summed E-state index contributed by atoms with van der Waals surface area (Å²) in [5.74, 6) is -0.397. The van der Waals surface area contributed by atoms with E-state index < -0.39 is 0 Å². The molecular formula is C23H24N4O4. The molecule has 31 heavy (non-hydrogen) atoms. The number of furan rings is 1. The molecule has 0 spiro atoms. The molecule has 3 rings (SSSR count). The van der Waals surface area contributed by atoms with Crippen LogP contribution in [0.4, 0.5) is 16.2 Å². The van der Waals surface area contributed by atoms with Crippen LogP contribution in [-0.2, 0) is 6.42 Å². The lowest BCUT2D eigenvalue weighted by Crippen LogP contribution is -2.34. The Labute approximate surface area is 180 Å². The van der Waals surface area contributed by atoms with Gasteiger partial charge in [-0.2, -0.15) is 0 Å². The Morgan fingerprint density at radius 1 is 0.806 bits per heavy atom. The van der Waals surface area contributed by atoms with Crippen molar-refractivity contribution in [3.63, 3.8) is 0 Å². The fourth-order valence-corrected chi connectivity index (χ4v) is 2.89. The third kappa shape index (κ3) is 6.20. The molecule has 1 heterocycles. The topological polar surface area (TPSA) is 112 Å². The Kier molecular flexibility index (Phi) is 7.42. The minimum absolute atomic E-state index is 0.219. The maximum Gasteiger partial charge on any atom is 0.323 e. The van der Waals surface area contributed by atoms with Crippen molar-refractivity contribution in [1.82, 2.24) is 10.6 Å². The summed E-state index contributed by atoms with van der Waals surface area (Å²) in [5.41, 5.74) is 2.82. The zero-order valence-corrected chi connectivity index (χ0v) is 17.1. The van der Waals surface area contributed by atoms with Gasteiger partial charge in [0.1, 0.15) is 0 Å². The van der Waals surface area contributed by atoms with Crippen molar-refractivity contribution in [2.45, 2.75) is 13.3 Å². The van der Waals surface area contributed by atoms with Gasteiger partial charge in [-0.3, -0.25) is 9.59 Å². The molecule has 0 aliphatic heterocycles. The average Bonchev–Trinajstić information content (AvgIpc) is 3.32. The number of urea groups is 1. The van der Waals surface area contributed by atoms with Crippen LogP contribution in [0.15, 0.2) is 71.3 Å². The van der Waals surface area contributed by atoms with Gasteiger partial charge in [0.15, 0.2) is 5.76 Å². The van der Waals surface area contributed by atoms with Crippen LogP contribution >= 0.6 is 0 Å². The molecule has 0 bridgehead atoms. The Morgan fingerprint density at radius 2 is 1.52 bits per heavy atom.